The highest BCUT2D eigenvalue weighted by Crippen LogP contribution is 2.37. The Balaban J connectivity index is 0.000000319. The van der Waals surface area contributed by atoms with Crippen molar-refractivity contribution >= 4 is 23.4 Å². The van der Waals surface area contributed by atoms with Gasteiger partial charge in [0.2, 0.25) is 17.7 Å². The fourth-order valence-electron chi connectivity index (χ4n) is 7.04. The van der Waals surface area contributed by atoms with Gasteiger partial charge < -0.3 is 35.5 Å². The second kappa shape index (κ2) is 29.3. The summed E-state index contributed by atoms with van der Waals surface area (Å²) in [5.74, 6) is 1.96. The number of Topliss-reactive ketones (excluding diaryl/α,β-unsaturated/α-hetero) is 1. The van der Waals surface area contributed by atoms with Crippen molar-refractivity contribution in [2.75, 3.05) is 5.32 Å². The summed E-state index contributed by atoms with van der Waals surface area (Å²) in [4.78, 5) is 46.0. The molecule has 378 valence electrons. The molecule has 0 saturated carbocycles. The average molecular weight is 986 g/mol. The molecule has 7 rings (SSSR count). The third-order valence-electron chi connectivity index (χ3n) is 11.2. The van der Waals surface area contributed by atoms with Crippen LogP contribution >= 0.6 is 0 Å². The molecule has 0 radical (unpaired) electrons. The van der Waals surface area contributed by atoms with Gasteiger partial charge in [-0.3, -0.25) is 9.59 Å². The summed E-state index contributed by atoms with van der Waals surface area (Å²) in [5, 5.41) is 42.1. The number of aromatic nitrogens is 4. The number of carbonyl (C=O) groups is 3. The number of carbonyl (C=O) groups excluding carboxylic acids is 3. The van der Waals surface area contributed by atoms with Crippen molar-refractivity contribution in [2.45, 2.75) is 105 Å². The predicted molar refractivity (Wildman–Crippen MR) is 277 cm³/mol. The van der Waals surface area contributed by atoms with Crippen LogP contribution in [0.2, 0.25) is 0 Å². The molecule has 5 N–H and O–H groups in total. The topological polar surface area (TPSA) is 272 Å². The lowest BCUT2D eigenvalue weighted by Crippen LogP contribution is -2.48. The highest BCUT2D eigenvalue weighted by molar-refractivity contribution is 5.90. The van der Waals surface area contributed by atoms with Gasteiger partial charge in [-0.15, -0.1) is 5.26 Å². The van der Waals surface area contributed by atoms with E-state index in [9.17, 15) is 14.4 Å². The number of nitrogens with zero attached hydrogens (tertiary/aromatic N) is 7. The van der Waals surface area contributed by atoms with Gasteiger partial charge in [0.25, 0.3) is 6.26 Å². The normalized spacial score (nSPS) is 11.9. The summed E-state index contributed by atoms with van der Waals surface area (Å²) in [5.41, 5.74) is 9.67. The van der Waals surface area contributed by atoms with Crippen LogP contribution in [0.3, 0.4) is 0 Å². The smallest absolute Gasteiger partial charge is 0.319 e. The number of nitriles is 3. The highest BCUT2D eigenvalue weighted by atomic mass is 16.5. The van der Waals surface area contributed by atoms with Gasteiger partial charge in [-0.2, -0.15) is 20.5 Å². The molecule has 0 spiro atoms. The Hall–Kier alpha value is -8.98. The first kappa shape index (κ1) is 58.3. The van der Waals surface area contributed by atoms with Crippen LogP contribution in [0.5, 0.6) is 5.75 Å². The Morgan fingerprint density at radius 3 is 1.63 bits per heavy atom. The third kappa shape index (κ3) is 16.6. The van der Waals surface area contributed by atoms with Crippen LogP contribution in [0.4, 0.5) is 10.5 Å². The molecular weight excluding hydrogens is 923 g/mol. The number of rotatable bonds is 17. The molecule has 17 heteroatoms. The van der Waals surface area contributed by atoms with E-state index >= 15 is 0 Å². The van der Waals surface area contributed by atoms with Crippen LogP contribution in [-0.2, 0) is 15.1 Å². The summed E-state index contributed by atoms with van der Waals surface area (Å²) >= 11 is 0. The average Bonchev–Trinajstić information content (AvgIpc) is 4.11. The number of hydrogen-bond acceptors (Lipinski definition) is 14. The molecule has 0 aliphatic heterocycles. The number of ether oxygens (including phenoxy) is 1. The van der Waals surface area contributed by atoms with Crippen molar-refractivity contribution in [2.24, 2.45) is 5.73 Å². The van der Waals surface area contributed by atoms with Crippen molar-refractivity contribution in [3.63, 3.8) is 0 Å². The molecule has 3 amide bonds. The maximum atomic E-state index is 13.5. The van der Waals surface area contributed by atoms with Crippen molar-refractivity contribution < 1.29 is 28.2 Å². The Morgan fingerprint density at radius 1 is 0.671 bits per heavy atom. The van der Waals surface area contributed by atoms with Gasteiger partial charge in [-0.25, -0.2) is 4.79 Å². The van der Waals surface area contributed by atoms with E-state index in [4.69, 9.17) is 30.6 Å². The van der Waals surface area contributed by atoms with E-state index in [0.717, 1.165) is 29.5 Å². The van der Waals surface area contributed by atoms with Crippen LogP contribution < -0.4 is 26.4 Å². The fourth-order valence-corrected chi connectivity index (χ4v) is 7.04. The number of benzene rings is 5. The maximum Gasteiger partial charge on any atom is 0.319 e. The second-order valence-electron chi connectivity index (χ2n) is 16.4. The number of anilines is 1. The van der Waals surface area contributed by atoms with Crippen LogP contribution in [0.15, 0.2) is 149 Å². The van der Waals surface area contributed by atoms with Crippen molar-refractivity contribution in [1.82, 2.24) is 30.9 Å². The molecule has 4 atom stereocenters. The van der Waals surface area contributed by atoms with Crippen LogP contribution in [0.25, 0.3) is 0 Å². The zero-order valence-corrected chi connectivity index (χ0v) is 40.1. The monoisotopic (exact) mass is 985 g/mol. The van der Waals surface area contributed by atoms with Crippen LogP contribution in [0.1, 0.15) is 150 Å². The van der Waals surface area contributed by atoms with Crippen LogP contribution in [0, 0.1) is 34.2 Å². The quantitative estimate of drug-likeness (QED) is 0.0488. The summed E-state index contributed by atoms with van der Waals surface area (Å²) in [6.45, 7) is 9.49. The summed E-state index contributed by atoms with van der Waals surface area (Å²) in [6.07, 6.45) is 3.31. The van der Waals surface area contributed by atoms with Gasteiger partial charge >= 0.3 is 6.03 Å². The van der Waals surface area contributed by atoms with E-state index in [0.29, 0.717) is 34.2 Å². The Morgan fingerprint density at radius 2 is 1.15 bits per heavy atom. The summed E-state index contributed by atoms with van der Waals surface area (Å²) in [6, 6.07) is 44.8. The van der Waals surface area contributed by atoms with E-state index in [1.54, 1.807) is 42.5 Å². The largest absolute Gasteiger partial charge is 0.388 e. The molecule has 0 aliphatic rings. The zero-order chi connectivity index (χ0) is 51.2. The molecular formula is C56H63N11O6. The first-order chi connectivity index (χ1) is 34.3. The molecule has 17 nitrogen and oxygen atoms in total. The highest BCUT2D eigenvalue weighted by Gasteiger charge is 2.38. The Bertz CT molecular complexity index is 2850. The first-order valence-electron chi connectivity index (χ1n) is 22.9. The number of nitrogens with one attached hydrogen (secondary N) is 3. The molecule has 0 aliphatic carbocycles. The standard InChI is InChI=1S/C28H30N4O2.C18H21N5O3.C8H4N2O.2CH4/c1-3-20(2)26-30-27(34-32-26)24(29)19-25(33)31-28(21-13-7-4-8-14-21,22-15-9-5-10-16-22)23-17-11-6-12-18-23;1-4-11(2)16-22-17(26-23-16)15(8-12(3)24)21-18(25)20-14-7-5-6-13(9-14)10-19;9-5-7-2-1-3-8(4-7)11-6-10;;/h4-18,20,24H,3,19,29H2,1-2H3,(H,31,33);5-7,9,11,15H,4,8H2,1-3H3,(H2,20,21,25);1-4H;2*1H4/t20-,24-;11-,15-;;;/m00.../s1. The Kier molecular flexibility index (Phi) is 23.4. The van der Waals surface area contributed by atoms with E-state index in [2.05, 4.69) is 47.9 Å². The zero-order valence-electron chi connectivity index (χ0n) is 40.1. The molecule has 5 aromatic carbocycles. The Labute approximate surface area is 427 Å². The van der Waals surface area contributed by atoms with E-state index in [1.165, 1.54) is 19.2 Å². The molecule has 0 fully saturated rings. The minimum atomic E-state index is -0.892. The lowest BCUT2D eigenvalue weighted by molar-refractivity contribution is -0.123. The molecule has 0 bridgehead atoms. The van der Waals surface area contributed by atoms with Gasteiger partial charge in [-0.05, 0) is 72.9 Å². The van der Waals surface area contributed by atoms with E-state index in [1.807, 2.05) is 124 Å². The summed E-state index contributed by atoms with van der Waals surface area (Å²) < 4.78 is 15.1. The fraction of sp³-hybridized carbons (Fsp3) is 0.286. The minimum absolute atomic E-state index is 0. The molecule has 0 saturated heterocycles. The molecule has 73 heavy (non-hydrogen) atoms. The number of nitrogens with two attached hydrogens (primary N) is 1. The third-order valence-corrected chi connectivity index (χ3v) is 11.2. The second-order valence-corrected chi connectivity index (χ2v) is 16.4. The lowest BCUT2D eigenvalue weighted by Gasteiger charge is -2.37. The van der Waals surface area contributed by atoms with Crippen molar-refractivity contribution in [3.05, 3.63) is 191 Å². The van der Waals surface area contributed by atoms with Gasteiger partial charge in [0, 0.05) is 23.9 Å². The van der Waals surface area contributed by atoms with Crippen molar-refractivity contribution in [1.29, 1.82) is 15.8 Å². The number of ketones is 1. The van der Waals surface area contributed by atoms with Gasteiger partial charge in [0.1, 0.15) is 23.1 Å². The molecule has 7 aromatic rings. The van der Waals surface area contributed by atoms with E-state index < -0.39 is 23.7 Å². The molecule has 0 unspecified atom stereocenters. The number of hydrogen-bond donors (Lipinski definition) is 4. The lowest BCUT2D eigenvalue weighted by atomic mass is 9.77. The summed E-state index contributed by atoms with van der Waals surface area (Å²) in [7, 11) is 0. The van der Waals surface area contributed by atoms with Gasteiger partial charge in [-0.1, -0.05) is 156 Å². The maximum absolute atomic E-state index is 13.5. The number of urea groups is 1. The first-order valence-corrected chi connectivity index (χ1v) is 22.9. The minimum Gasteiger partial charge on any atom is -0.388 e. The SMILES string of the molecule is C.C.CC[C@H](C)c1noc([C@@H](N)CC(=O)NC(c2ccccc2)(c2ccccc2)c2ccccc2)n1.CC[C@H](C)c1noc([C@H](CC(C)=O)NC(=O)Nc2cccc(C#N)c2)n1.N#COc1cccc(C#N)c1. The predicted octanol–water partition coefficient (Wildman–Crippen LogP) is 11.1. The van der Waals surface area contributed by atoms with E-state index in [-0.39, 0.29) is 63.0 Å². The van der Waals surface area contributed by atoms with Gasteiger partial charge in [0.15, 0.2) is 11.6 Å². The van der Waals surface area contributed by atoms with Crippen molar-refractivity contribution in [3.8, 4) is 24.1 Å². The molecule has 2 heterocycles. The van der Waals surface area contributed by atoms with Gasteiger partial charge in [0.05, 0.1) is 35.7 Å². The molecule has 2 aromatic heterocycles. The number of amides is 3. The van der Waals surface area contributed by atoms with Crippen LogP contribution in [-0.4, -0.2) is 38.0 Å².